The van der Waals surface area contributed by atoms with Crippen LogP contribution in [0.15, 0.2) is 71.5 Å². The summed E-state index contributed by atoms with van der Waals surface area (Å²) in [5, 5.41) is 4.78. The first-order valence-electron chi connectivity index (χ1n) is 12.1. The van der Waals surface area contributed by atoms with Crippen LogP contribution in [0.2, 0.25) is 5.02 Å². The maximum atomic E-state index is 12.9. The molecule has 7 heteroatoms. The zero-order valence-electron chi connectivity index (χ0n) is 20.0. The number of fused-ring (bicyclic) bond motifs is 1. The SMILES string of the molecule is CCOC(=O)Cc1cccc(-c2cc3cc(-c4ccc(C5CNCCO5)cc4)c(Cl)cc3[nH]c2=O)c1. The molecule has 1 fully saturated rings. The molecule has 6 nitrogen and oxygen atoms in total. The Labute approximate surface area is 214 Å². The summed E-state index contributed by atoms with van der Waals surface area (Å²) >= 11 is 6.63. The Balaban J connectivity index is 1.48. The van der Waals surface area contributed by atoms with Crippen LogP contribution in [-0.2, 0) is 20.7 Å². The van der Waals surface area contributed by atoms with Crippen molar-refractivity contribution in [3.8, 4) is 22.3 Å². The molecule has 2 heterocycles. The third-order valence-electron chi connectivity index (χ3n) is 6.34. The fourth-order valence-corrected chi connectivity index (χ4v) is 4.82. The van der Waals surface area contributed by atoms with Gasteiger partial charge in [-0.15, -0.1) is 0 Å². The number of hydrogen-bond acceptors (Lipinski definition) is 5. The van der Waals surface area contributed by atoms with E-state index in [2.05, 4.69) is 22.4 Å². The van der Waals surface area contributed by atoms with E-state index in [0.717, 1.165) is 46.3 Å². The van der Waals surface area contributed by atoms with Gasteiger partial charge in [-0.05, 0) is 52.8 Å². The largest absolute Gasteiger partial charge is 0.466 e. The van der Waals surface area contributed by atoms with Gasteiger partial charge in [-0.2, -0.15) is 0 Å². The Morgan fingerprint density at radius 1 is 1.06 bits per heavy atom. The Morgan fingerprint density at radius 2 is 1.86 bits per heavy atom. The van der Waals surface area contributed by atoms with Crippen molar-refractivity contribution < 1.29 is 14.3 Å². The van der Waals surface area contributed by atoms with Crippen LogP contribution >= 0.6 is 11.6 Å². The average molecular weight is 503 g/mol. The topological polar surface area (TPSA) is 80.4 Å². The zero-order chi connectivity index (χ0) is 25.1. The lowest BCUT2D eigenvalue weighted by atomic mass is 9.98. The van der Waals surface area contributed by atoms with Gasteiger partial charge in [0, 0.05) is 29.7 Å². The smallest absolute Gasteiger partial charge is 0.310 e. The normalized spacial score (nSPS) is 15.7. The number of pyridine rings is 1. The number of aromatic amines is 1. The monoisotopic (exact) mass is 502 g/mol. The van der Waals surface area contributed by atoms with Crippen LogP contribution in [0.4, 0.5) is 0 Å². The van der Waals surface area contributed by atoms with Gasteiger partial charge in [-0.3, -0.25) is 9.59 Å². The lowest BCUT2D eigenvalue weighted by molar-refractivity contribution is -0.142. The van der Waals surface area contributed by atoms with E-state index in [1.807, 2.05) is 48.5 Å². The van der Waals surface area contributed by atoms with Crippen LogP contribution in [0, 0.1) is 0 Å². The molecule has 0 aliphatic carbocycles. The summed E-state index contributed by atoms with van der Waals surface area (Å²) in [6.45, 7) is 4.49. The molecule has 1 unspecified atom stereocenters. The second-order valence-corrected chi connectivity index (χ2v) is 9.21. The molecule has 4 aromatic rings. The summed E-state index contributed by atoms with van der Waals surface area (Å²) in [6.07, 6.45) is 0.206. The first-order valence-corrected chi connectivity index (χ1v) is 12.4. The van der Waals surface area contributed by atoms with Gasteiger partial charge in [-0.25, -0.2) is 0 Å². The molecule has 1 aliphatic heterocycles. The summed E-state index contributed by atoms with van der Waals surface area (Å²) in [6, 6.07) is 21.3. The van der Waals surface area contributed by atoms with Crippen molar-refractivity contribution in [1.29, 1.82) is 0 Å². The number of morpholine rings is 1. The molecule has 0 amide bonds. The Kier molecular flexibility index (Phi) is 7.18. The highest BCUT2D eigenvalue weighted by Gasteiger charge is 2.16. The molecule has 184 valence electrons. The molecular formula is C29H27ClN2O4. The highest BCUT2D eigenvalue weighted by atomic mass is 35.5. The molecule has 0 bridgehead atoms. The maximum absolute atomic E-state index is 12.9. The number of carbonyl (C=O) groups is 1. The fraction of sp³-hybridized carbons (Fsp3) is 0.241. The Bertz CT molecular complexity index is 1460. The van der Waals surface area contributed by atoms with E-state index in [0.29, 0.717) is 29.3 Å². The van der Waals surface area contributed by atoms with E-state index in [4.69, 9.17) is 21.1 Å². The van der Waals surface area contributed by atoms with Crippen molar-refractivity contribution in [2.24, 2.45) is 0 Å². The minimum atomic E-state index is -0.293. The Morgan fingerprint density at radius 3 is 2.61 bits per heavy atom. The number of rotatable bonds is 6. The summed E-state index contributed by atoms with van der Waals surface area (Å²) in [5.41, 5.74) is 5.49. The van der Waals surface area contributed by atoms with E-state index in [-0.39, 0.29) is 24.1 Å². The van der Waals surface area contributed by atoms with E-state index in [9.17, 15) is 9.59 Å². The minimum absolute atomic E-state index is 0.0482. The predicted octanol–water partition coefficient (Wildman–Crippen LogP) is 5.28. The van der Waals surface area contributed by atoms with Gasteiger partial charge in [0.05, 0.1) is 30.8 Å². The highest BCUT2D eigenvalue weighted by Crippen LogP contribution is 2.33. The standard InChI is InChI=1S/C29H27ClN2O4/c1-2-35-28(33)13-18-4-3-5-21(12-18)24-15-22-14-23(25(30)16-26(22)32-29(24)34)19-6-8-20(9-7-19)27-17-31-10-11-36-27/h3-9,12,14-16,27,31H,2,10-11,13,17H2,1H3,(H,32,34). The second-order valence-electron chi connectivity index (χ2n) is 8.80. The number of carbonyl (C=O) groups excluding carboxylic acids is 1. The van der Waals surface area contributed by atoms with Gasteiger partial charge in [0.1, 0.15) is 0 Å². The van der Waals surface area contributed by atoms with Crippen molar-refractivity contribution >= 4 is 28.5 Å². The van der Waals surface area contributed by atoms with Gasteiger partial charge in [-0.1, -0.05) is 60.1 Å². The van der Waals surface area contributed by atoms with Crippen molar-refractivity contribution in [3.05, 3.63) is 93.2 Å². The molecule has 1 aromatic heterocycles. The first kappa shape index (κ1) is 24.3. The average Bonchev–Trinajstić information content (AvgIpc) is 2.89. The first-order chi connectivity index (χ1) is 17.5. The van der Waals surface area contributed by atoms with Gasteiger partial charge >= 0.3 is 5.97 Å². The van der Waals surface area contributed by atoms with Crippen LogP contribution in [0.25, 0.3) is 33.2 Å². The van der Waals surface area contributed by atoms with E-state index >= 15 is 0 Å². The van der Waals surface area contributed by atoms with Gasteiger partial charge < -0.3 is 19.8 Å². The van der Waals surface area contributed by atoms with Crippen molar-refractivity contribution in [3.63, 3.8) is 0 Å². The van der Waals surface area contributed by atoms with Crippen molar-refractivity contribution in [1.82, 2.24) is 10.3 Å². The molecule has 36 heavy (non-hydrogen) atoms. The molecule has 0 radical (unpaired) electrons. The maximum Gasteiger partial charge on any atom is 0.310 e. The van der Waals surface area contributed by atoms with Crippen LogP contribution in [0.1, 0.15) is 24.2 Å². The van der Waals surface area contributed by atoms with Crippen LogP contribution in [0.3, 0.4) is 0 Å². The quantitative estimate of drug-likeness (QED) is 0.350. The summed E-state index contributed by atoms with van der Waals surface area (Å²) in [5.74, 6) is -0.293. The third-order valence-corrected chi connectivity index (χ3v) is 6.66. The molecule has 1 atom stereocenters. The predicted molar refractivity (Wildman–Crippen MR) is 142 cm³/mol. The summed E-state index contributed by atoms with van der Waals surface area (Å²) < 4.78 is 10.9. The molecule has 2 N–H and O–H groups in total. The lowest BCUT2D eigenvalue weighted by Crippen LogP contribution is -2.33. The molecule has 1 aliphatic rings. The van der Waals surface area contributed by atoms with Crippen molar-refractivity contribution in [2.75, 3.05) is 26.3 Å². The fourth-order valence-electron chi connectivity index (χ4n) is 4.55. The minimum Gasteiger partial charge on any atom is -0.466 e. The number of aromatic nitrogens is 1. The molecule has 1 saturated heterocycles. The van der Waals surface area contributed by atoms with Crippen LogP contribution in [-0.4, -0.2) is 37.3 Å². The van der Waals surface area contributed by atoms with Crippen LogP contribution < -0.4 is 10.9 Å². The lowest BCUT2D eigenvalue weighted by Gasteiger charge is -2.24. The van der Waals surface area contributed by atoms with Gasteiger partial charge in [0.25, 0.3) is 5.56 Å². The highest BCUT2D eigenvalue weighted by molar-refractivity contribution is 6.34. The van der Waals surface area contributed by atoms with Crippen LogP contribution in [0.5, 0.6) is 0 Å². The number of ether oxygens (including phenoxy) is 2. The zero-order valence-corrected chi connectivity index (χ0v) is 20.7. The number of hydrogen-bond donors (Lipinski definition) is 2. The second kappa shape index (κ2) is 10.7. The molecule has 3 aromatic carbocycles. The third kappa shape index (κ3) is 5.21. The number of benzene rings is 3. The summed E-state index contributed by atoms with van der Waals surface area (Å²) in [7, 11) is 0. The van der Waals surface area contributed by atoms with Gasteiger partial charge in [0.15, 0.2) is 0 Å². The molecule has 0 spiro atoms. The van der Waals surface area contributed by atoms with E-state index < -0.39 is 0 Å². The van der Waals surface area contributed by atoms with E-state index in [1.165, 1.54) is 0 Å². The van der Waals surface area contributed by atoms with Crippen molar-refractivity contribution in [2.45, 2.75) is 19.4 Å². The number of esters is 1. The molecular weight excluding hydrogens is 476 g/mol. The number of nitrogens with one attached hydrogen (secondary N) is 2. The number of H-pyrrole nitrogens is 1. The molecule has 5 rings (SSSR count). The summed E-state index contributed by atoms with van der Waals surface area (Å²) in [4.78, 5) is 27.8. The Hall–Kier alpha value is -3.45. The molecule has 0 saturated carbocycles. The van der Waals surface area contributed by atoms with E-state index in [1.54, 1.807) is 13.0 Å². The number of halogens is 1. The van der Waals surface area contributed by atoms with Gasteiger partial charge in [0.2, 0.25) is 0 Å².